The van der Waals surface area contributed by atoms with Gasteiger partial charge < -0.3 is 10.3 Å². The van der Waals surface area contributed by atoms with Crippen molar-refractivity contribution in [2.24, 2.45) is 0 Å². The molecule has 0 saturated heterocycles. The largest absolute Gasteiger partial charge is 0.390 e. The van der Waals surface area contributed by atoms with Crippen LogP contribution in [0, 0.1) is 0 Å². The third-order valence-electron chi connectivity index (χ3n) is 2.48. The molecule has 1 aromatic carbocycles. The van der Waals surface area contributed by atoms with Crippen LogP contribution < -0.4 is 10.9 Å². The van der Waals surface area contributed by atoms with E-state index in [2.05, 4.69) is 10.3 Å². The zero-order valence-corrected chi connectivity index (χ0v) is 9.34. The highest BCUT2D eigenvalue weighted by molar-refractivity contribution is 5.83. The molecule has 0 atom stereocenters. The quantitative estimate of drug-likeness (QED) is 0.886. The number of fused-ring (bicyclic) bond motifs is 1. The number of nitrogens with one attached hydrogen (secondary N) is 2. The first-order chi connectivity index (χ1) is 8.46. The molecule has 6 heteroatoms. The van der Waals surface area contributed by atoms with E-state index in [0.717, 1.165) is 0 Å². The lowest BCUT2D eigenvalue weighted by molar-refractivity contribution is -0.131. The van der Waals surface area contributed by atoms with Crippen molar-refractivity contribution in [1.82, 2.24) is 4.98 Å². The van der Waals surface area contributed by atoms with Crippen molar-refractivity contribution in [3.8, 4) is 0 Å². The van der Waals surface area contributed by atoms with E-state index < -0.39 is 12.6 Å². The Hall–Kier alpha value is -1.98. The summed E-state index contributed by atoms with van der Waals surface area (Å²) in [4.78, 5) is 14.1. The van der Waals surface area contributed by atoms with Crippen LogP contribution in [0.25, 0.3) is 10.8 Å². The molecular formula is C12H11F3N2O. The Bertz CT molecular complexity index is 604. The standard InChI is InChI=1S/C12H11F3N2O/c13-12(14,15)5-6-16-10-7-8-3-1-2-4-9(8)11(18)17-10/h1-4,7H,5-6H2,(H2,16,17,18). The molecule has 2 rings (SSSR count). The number of alkyl halides is 3. The third-order valence-corrected chi connectivity index (χ3v) is 2.48. The minimum atomic E-state index is -4.20. The summed E-state index contributed by atoms with van der Waals surface area (Å²) in [5.41, 5.74) is -0.317. The summed E-state index contributed by atoms with van der Waals surface area (Å²) in [5.74, 6) is 0.294. The van der Waals surface area contributed by atoms with Crippen LogP contribution in [0.3, 0.4) is 0 Å². The van der Waals surface area contributed by atoms with Crippen LogP contribution in [-0.4, -0.2) is 17.7 Å². The van der Waals surface area contributed by atoms with Gasteiger partial charge in [0.2, 0.25) is 0 Å². The molecule has 1 heterocycles. The van der Waals surface area contributed by atoms with Crippen molar-refractivity contribution in [2.75, 3.05) is 11.9 Å². The molecule has 96 valence electrons. The summed E-state index contributed by atoms with van der Waals surface area (Å²) in [6.45, 7) is -0.266. The lowest BCUT2D eigenvalue weighted by Crippen LogP contribution is -2.17. The second kappa shape index (κ2) is 4.72. The first-order valence-electron chi connectivity index (χ1n) is 5.38. The van der Waals surface area contributed by atoms with Gasteiger partial charge in [-0.2, -0.15) is 13.2 Å². The van der Waals surface area contributed by atoms with E-state index in [1.54, 1.807) is 30.3 Å². The Labute approximate surface area is 101 Å². The molecule has 0 aliphatic carbocycles. The predicted molar refractivity (Wildman–Crippen MR) is 63.7 cm³/mol. The molecule has 0 fully saturated rings. The van der Waals surface area contributed by atoms with Crippen molar-refractivity contribution >= 4 is 16.6 Å². The average Bonchev–Trinajstić information content (AvgIpc) is 2.27. The van der Waals surface area contributed by atoms with Crippen LogP contribution in [0.1, 0.15) is 6.42 Å². The second-order valence-electron chi connectivity index (χ2n) is 3.89. The van der Waals surface area contributed by atoms with E-state index >= 15 is 0 Å². The summed E-state index contributed by atoms with van der Waals surface area (Å²) in [5, 5.41) is 3.76. The lowest BCUT2D eigenvalue weighted by atomic mass is 10.2. The van der Waals surface area contributed by atoms with E-state index in [1.807, 2.05) is 0 Å². The lowest BCUT2D eigenvalue weighted by Gasteiger charge is -2.09. The van der Waals surface area contributed by atoms with Crippen LogP contribution >= 0.6 is 0 Å². The molecule has 0 spiro atoms. The van der Waals surface area contributed by atoms with Crippen LogP contribution in [0.2, 0.25) is 0 Å². The Balaban J connectivity index is 2.17. The maximum absolute atomic E-state index is 12.0. The number of aromatic nitrogens is 1. The molecule has 1 aromatic heterocycles. The van der Waals surface area contributed by atoms with Crippen LogP contribution in [0.4, 0.5) is 19.0 Å². The number of anilines is 1. The molecule has 0 radical (unpaired) electrons. The SMILES string of the molecule is O=c1[nH]c(NCCC(F)(F)F)cc2ccccc12. The fraction of sp³-hybridized carbons (Fsp3) is 0.250. The van der Waals surface area contributed by atoms with Crippen molar-refractivity contribution in [3.05, 3.63) is 40.7 Å². The summed E-state index contributed by atoms with van der Waals surface area (Å²) in [6, 6.07) is 8.51. The van der Waals surface area contributed by atoms with Gasteiger partial charge in [-0.05, 0) is 17.5 Å². The first-order valence-corrected chi connectivity index (χ1v) is 5.38. The van der Waals surface area contributed by atoms with Crippen LogP contribution in [0.5, 0.6) is 0 Å². The van der Waals surface area contributed by atoms with Gasteiger partial charge in [0.15, 0.2) is 0 Å². The van der Waals surface area contributed by atoms with Crippen LogP contribution in [0.15, 0.2) is 35.1 Å². The number of hydrogen-bond donors (Lipinski definition) is 2. The highest BCUT2D eigenvalue weighted by Crippen LogP contribution is 2.19. The number of H-pyrrole nitrogens is 1. The summed E-state index contributed by atoms with van der Waals surface area (Å²) in [6.07, 6.45) is -5.15. The van der Waals surface area contributed by atoms with Gasteiger partial charge >= 0.3 is 6.18 Å². The van der Waals surface area contributed by atoms with Gasteiger partial charge in [-0.15, -0.1) is 0 Å². The fourth-order valence-electron chi connectivity index (χ4n) is 1.65. The molecule has 0 amide bonds. The number of halogens is 3. The Morgan fingerprint density at radius 2 is 1.94 bits per heavy atom. The van der Waals surface area contributed by atoms with Gasteiger partial charge in [0.25, 0.3) is 5.56 Å². The molecular weight excluding hydrogens is 245 g/mol. The van der Waals surface area contributed by atoms with Gasteiger partial charge in [-0.25, -0.2) is 0 Å². The van der Waals surface area contributed by atoms with E-state index in [0.29, 0.717) is 16.6 Å². The number of rotatable bonds is 3. The number of benzene rings is 1. The summed E-state index contributed by atoms with van der Waals surface area (Å²) < 4.78 is 35.9. The molecule has 0 bridgehead atoms. The molecule has 0 saturated carbocycles. The summed E-state index contributed by atoms with van der Waals surface area (Å²) in [7, 11) is 0. The van der Waals surface area contributed by atoms with Gasteiger partial charge in [0.1, 0.15) is 5.82 Å². The third kappa shape index (κ3) is 3.03. The first kappa shape index (κ1) is 12.5. The fourth-order valence-corrected chi connectivity index (χ4v) is 1.65. The summed E-state index contributed by atoms with van der Waals surface area (Å²) >= 11 is 0. The predicted octanol–water partition coefficient (Wildman–Crippen LogP) is 2.89. The maximum atomic E-state index is 12.0. The van der Waals surface area contributed by atoms with E-state index in [1.165, 1.54) is 0 Å². The monoisotopic (exact) mass is 256 g/mol. The average molecular weight is 256 g/mol. The Kier molecular flexibility index (Phi) is 3.27. The molecule has 0 unspecified atom stereocenters. The van der Waals surface area contributed by atoms with E-state index in [-0.39, 0.29) is 12.1 Å². The highest BCUT2D eigenvalue weighted by Gasteiger charge is 2.26. The maximum Gasteiger partial charge on any atom is 0.390 e. The second-order valence-corrected chi connectivity index (χ2v) is 3.89. The molecule has 0 aliphatic heterocycles. The zero-order valence-electron chi connectivity index (χ0n) is 9.34. The minimum Gasteiger partial charge on any atom is -0.371 e. The molecule has 0 aliphatic rings. The van der Waals surface area contributed by atoms with Crippen molar-refractivity contribution in [2.45, 2.75) is 12.6 Å². The Morgan fingerprint density at radius 1 is 1.22 bits per heavy atom. The van der Waals surface area contributed by atoms with Gasteiger partial charge in [0.05, 0.1) is 6.42 Å². The van der Waals surface area contributed by atoms with Gasteiger partial charge in [-0.3, -0.25) is 4.79 Å². The number of pyridine rings is 1. The Morgan fingerprint density at radius 3 is 2.67 bits per heavy atom. The molecule has 2 aromatic rings. The van der Waals surface area contributed by atoms with Crippen molar-refractivity contribution < 1.29 is 13.2 Å². The van der Waals surface area contributed by atoms with E-state index in [4.69, 9.17) is 0 Å². The normalized spacial score (nSPS) is 11.7. The number of hydrogen-bond acceptors (Lipinski definition) is 2. The highest BCUT2D eigenvalue weighted by atomic mass is 19.4. The topological polar surface area (TPSA) is 44.9 Å². The molecule has 2 N–H and O–H groups in total. The molecule has 18 heavy (non-hydrogen) atoms. The minimum absolute atomic E-state index is 0.266. The number of aromatic amines is 1. The van der Waals surface area contributed by atoms with Gasteiger partial charge in [-0.1, -0.05) is 18.2 Å². The van der Waals surface area contributed by atoms with E-state index in [9.17, 15) is 18.0 Å². The van der Waals surface area contributed by atoms with Crippen molar-refractivity contribution in [3.63, 3.8) is 0 Å². The molecule has 3 nitrogen and oxygen atoms in total. The van der Waals surface area contributed by atoms with Gasteiger partial charge in [0, 0.05) is 11.9 Å². The zero-order chi connectivity index (χ0) is 13.2. The van der Waals surface area contributed by atoms with Crippen LogP contribution in [-0.2, 0) is 0 Å². The smallest absolute Gasteiger partial charge is 0.371 e. The van der Waals surface area contributed by atoms with Crippen molar-refractivity contribution in [1.29, 1.82) is 0 Å².